The van der Waals surface area contributed by atoms with Gasteiger partial charge in [-0.25, -0.2) is 13.2 Å². The van der Waals surface area contributed by atoms with Gasteiger partial charge in [-0.1, -0.05) is 26.0 Å². The summed E-state index contributed by atoms with van der Waals surface area (Å²) in [5.74, 6) is 0.691. The lowest BCUT2D eigenvalue weighted by Gasteiger charge is -2.53. The Labute approximate surface area is 219 Å². The first kappa shape index (κ1) is 28.1. The number of nitrogens with two attached hydrogens (primary N) is 1. The van der Waals surface area contributed by atoms with Crippen molar-refractivity contribution in [2.24, 2.45) is 11.1 Å². The zero-order chi connectivity index (χ0) is 25.4. The number of halogens is 1. The van der Waals surface area contributed by atoms with Gasteiger partial charge in [0.1, 0.15) is 5.75 Å². The van der Waals surface area contributed by atoms with E-state index in [4.69, 9.17) is 10.5 Å². The maximum Gasteiger partial charge on any atom is 0.407 e. The van der Waals surface area contributed by atoms with Gasteiger partial charge in [0.15, 0.2) is 9.84 Å². The number of hydrogen-bond acceptors (Lipinski definition) is 6. The highest BCUT2D eigenvalue weighted by atomic mass is 35.5. The maximum atomic E-state index is 12.5. The van der Waals surface area contributed by atoms with E-state index in [0.29, 0.717) is 26.2 Å². The van der Waals surface area contributed by atoms with E-state index in [1.165, 1.54) is 4.90 Å². The molecule has 0 aliphatic carbocycles. The van der Waals surface area contributed by atoms with Crippen LogP contribution in [0.5, 0.6) is 5.75 Å². The summed E-state index contributed by atoms with van der Waals surface area (Å²) in [6.07, 6.45) is -0.149. The monoisotopic (exact) mass is 537 g/mol. The molecule has 3 aliphatic heterocycles. The van der Waals surface area contributed by atoms with Crippen LogP contribution in [0.2, 0.25) is 0 Å². The van der Waals surface area contributed by atoms with E-state index >= 15 is 0 Å². The predicted octanol–water partition coefficient (Wildman–Crippen LogP) is 3.78. The van der Waals surface area contributed by atoms with Crippen LogP contribution < -0.4 is 15.4 Å². The third-order valence-corrected chi connectivity index (χ3v) is 9.16. The van der Waals surface area contributed by atoms with Gasteiger partial charge in [0, 0.05) is 37.3 Å². The Balaban J connectivity index is 0.00000361. The minimum atomic E-state index is -3.44. The molecule has 3 saturated heterocycles. The Morgan fingerprint density at radius 1 is 1.11 bits per heavy atom. The molecule has 2 atom stereocenters. The van der Waals surface area contributed by atoms with Crippen LogP contribution >= 0.6 is 12.4 Å². The van der Waals surface area contributed by atoms with Crippen molar-refractivity contribution in [3.05, 3.63) is 54.1 Å². The van der Waals surface area contributed by atoms with Gasteiger partial charge in [0.2, 0.25) is 0 Å². The van der Waals surface area contributed by atoms with E-state index in [1.54, 1.807) is 12.1 Å². The number of amides is 1. The summed E-state index contributed by atoms with van der Waals surface area (Å²) in [5.41, 5.74) is 6.76. The number of fused-ring (bicyclic) bond motifs is 4. The average Bonchev–Trinajstić information content (AvgIpc) is 3.05. The van der Waals surface area contributed by atoms with E-state index in [2.05, 4.69) is 18.7 Å². The van der Waals surface area contributed by atoms with Gasteiger partial charge in [-0.15, -0.1) is 12.4 Å². The van der Waals surface area contributed by atoms with E-state index in [0.717, 1.165) is 23.4 Å². The van der Waals surface area contributed by atoms with Gasteiger partial charge < -0.3 is 25.4 Å². The zero-order valence-electron chi connectivity index (χ0n) is 21.0. The Bertz CT molecular complexity index is 1170. The fraction of sp³-hybridized carbons (Fsp3) is 0.500. The summed E-state index contributed by atoms with van der Waals surface area (Å²) in [6, 6.07) is 14.9. The highest BCUT2D eigenvalue weighted by molar-refractivity contribution is 7.91. The molecular weight excluding hydrogens is 502 g/mol. The van der Waals surface area contributed by atoms with Crippen molar-refractivity contribution < 1.29 is 23.1 Å². The number of rotatable bonds is 7. The van der Waals surface area contributed by atoms with Crippen LogP contribution in [-0.2, 0) is 15.3 Å². The molecule has 3 N–H and O–H groups in total. The smallest absolute Gasteiger partial charge is 0.407 e. The third-order valence-electron chi connectivity index (χ3n) is 7.39. The standard InChI is InChI=1S/C26H35N3O5S.ClH/c1-4-34-21-9-7-20(8-10-21)29-18-26(16-25(2,3)23(29)15-28(17-26)24(30)31)19-5-11-22(12-6-19)35(32,33)14-13-27;/h5-12,23H,4,13-18,27H2,1-3H3,(H,30,31);1H/t23-,26-;/m1./s1. The Hall–Kier alpha value is -2.49. The molecule has 3 aliphatic rings. The lowest BCUT2D eigenvalue weighted by Crippen LogP contribution is -2.58. The van der Waals surface area contributed by atoms with Crippen LogP contribution in [0.15, 0.2) is 53.4 Å². The molecule has 0 spiro atoms. The molecule has 3 fully saturated rings. The van der Waals surface area contributed by atoms with E-state index in [-0.39, 0.29) is 41.1 Å². The summed E-state index contributed by atoms with van der Waals surface area (Å²) in [4.78, 5) is 16.3. The quantitative estimate of drug-likeness (QED) is 0.552. The first-order valence-corrected chi connectivity index (χ1v) is 13.7. The number of anilines is 1. The number of sulfone groups is 1. The van der Waals surface area contributed by atoms with Gasteiger partial charge in [-0.2, -0.15) is 0 Å². The van der Waals surface area contributed by atoms with Crippen LogP contribution in [0.1, 0.15) is 32.8 Å². The minimum absolute atomic E-state index is 0. The summed E-state index contributed by atoms with van der Waals surface area (Å²) < 4.78 is 30.6. The number of carbonyl (C=O) groups is 1. The molecule has 5 rings (SSSR count). The maximum absolute atomic E-state index is 12.5. The second-order valence-electron chi connectivity index (χ2n) is 10.3. The second-order valence-corrected chi connectivity index (χ2v) is 12.4. The van der Waals surface area contributed by atoms with Crippen molar-refractivity contribution in [1.82, 2.24) is 4.90 Å². The number of carboxylic acid groups (broad SMARTS) is 1. The first-order valence-electron chi connectivity index (χ1n) is 12.0. The second kappa shape index (κ2) is 10.5. The molecule has 0 radical (unpaired) electrons. The van der Waals surface area contributed by atoms with Crippen LogP contribution in [0.4, 0.5) is 10.5 Å². The number of piperidine rings is 1. The molecule has 0 aromatic heterocycles. The minimum Gasteiger partial charge on any atom is -0.494 e. The molecular formula is C26H36ClN3O5S. The molecule has 2 bridgehead atoms. The van der Waals surface area contributed by atoms with Crippen LogP contribution in [0.25, 0.3) is 0 Å². The van der Waals surface area contributed by atoms with Crippen molar-refractivity contribution in [3.8, 4) is 5.75 Å². The van der Waals surface area contributed by atoms with Crippen molar-refractivity contribution >= 4 is 34.0 Å². The summed E-state index contributed by atoms with van der Waals surface area (Å²) >= 11 is 0. The van der Waals surface area contributed by atoms with E-state index in [1.807, 2.05) is 43.3 Å². The number of ether oxygens (including phenoxy) is 1. The van der Waals surface area contributed by atoms with Gasteiger partial charge in [-0.05, 0) is 60.7 Å². The van der Waals surface area contributed by atoms with Gasteiger partial charge in [0.05, 0.1) is 23.3 Å². The summed E-state index contributed by atoms with van der Waals surface area (Å²) in [7, 11) is -3.44. The van der Waals surface area contributed by atoms with Crippen molar-refractivity contribution in [1.29, 1.82) is 0 Å². The Kier molecular flexibility index (Phi) is 8.17. The largest absolute Gasteiger partial charge is 0.494 e. The molecule has 0 unspecified atom stereocenters. The molecule has 2 aromatic rings. The number of benzene rings is 2. The van der Waals surface area contributed by atoms with E-state index in [9.17, 15) is 18.3 Å². The molecule has 10 heteroatoms. The van der Waals surface area contributed by atoms with Crippen LogP contribution in [0, 0.1) is 5.41 Å². The fourth-order valence-corrected chi connectivity index (χ4v) is 6.98. The topological polar surface area (TPSA) is 113 Å². The summed E-state index contributed by atoms with van der Waals surface area (Å²) in [6.45, 7) is 8.37. The lowest BCUT2D eigenvalue weighted by atomic mass is 9.63. The van der Waals surface area contributed by atoms with E-state index < -0.39 is 21.3 Å². The molecule has 8 nitrogen and oxygen atoms in total. The number of hydrogen-bond donors (Lipinski definition) is 2. The highest BCUT2D eigenvalue weighted by Gasteiger charge is 2.54. The fourth-order valence-electron chi connectivity index (χ4n) is 5.89. The molecule has 36 heavy (non-hydrogen) atoms. The van der Waals surface area contributed by atoms with Gasteiger partial charge in [0.25, 0.3) is 0 Å². The van der Waals surface area contributed by atoms with Gasteiger partial charge in [-0.3, -0.25) is 0 Å². The van der Waals surface area contributed by atoms with Gasteiger partial charge >= 0.3 is 6.09 Å². The normalized spacial score (nSPS) is 23.1. The molecule has 3 heterocycles. The lowest BCUT2D eigenvalue weighted by molar-refractivity contribution is 0.140. The highest BCUT2D eigenvalue weighted by Crippen LogP contribution is 2.50. The molecule has 0 saturated carbocycles. The van der Waals surface area contributed by atoms with Crippen molar-refractivity contribution in [2.75, 3.05) is 43.4 Å². The molecule has 2 aromatic carbocycles. The van der Waals surface area contributed by atoms with Crippen LogP contribution in [0.3, 0.4) is 0 Å². The first-order chi connectivity index (χ1) is 16.5. The average molecular weight is 538 g/mol. The summed E-state index contributed by atoms with van der Waals surface area (Å²) in [5, 5.41) is 10.0. The Morgan fingerprint density at radius 2 is 1.75 bits per heavy atom. The SMILES string of the molecule is CCOc1ccc(N2C[C@]3(c4ccc(S(=O)(=O)CCN)cc4)CN(C(=O)O)C[C@@H]2C(C)(C)C3)cc1.Cl. The predicted molar refractivity (Wildman–Crippen MR) is 143 cm³/mol. The molecule has 198 valence electrons. The van der Waals surface area contributed by atoms with Crippen LogP contribution in [-0.4, -0.2) is 69.1 Å². The molecule has 1 amide bonds. The Morgan fingerprint density at radius 3 is 2.31 bits per heavy atom. The zero-order valence-corrected chi connectivity index (χ0v) is 22.6. The number of nitrogens with zero attached hydrogens (tertiary/aromatic N) is 2. The van der Waals surface area contributed by atoms with Crippen molar-refractivity contribution in [2.45, 2.75) is 43.5 Å². The van der Waals surface area contributed by atoms with Crippen molar-refractivity contribution in [3.63, 3.8) is 0 Å². The third kappa shape index (κ3) is 5.28.